The zero-order chi connectivity index (χ0) is 29.1. The summed E-state index contributed by atoms with van der Waals surface area (Å²) in [4.78, 5) is 23.9. The first kappa shape index (κ1) is 28.6. The summed E-state index contributed by atoms with van der Waals surface area (Å²) < 4.78 is 13.8. The largest absolute Gasteiger partial charge is 0.381 e. The van der Waals surface area contributed by atoms with Crippen LogP contribution in [0.3, 0.4) is 0 Å². The van der Waals surface area contributed by atoms with Crippen LogP contribution in [-0.2, 0) is 33.8 Å². The van der Waals surface area contributed by atoms with Crippen molar-refractivity contribution >= 4 is 30.7 Å². The molecule has 0 spiro atoms. The lowest BCUT2D eigenvalue weighted by Crippen LogP contribution is -2.37. The Kier molecular flexibility index (Phi) is 7.43. The first-order valence-corrected chi connectivity index (χ1v) is 19.2. The van der Waals surface area contributed by atoms with E-state index in [1.54, 1.807) is 0 Å². The molecule has 0 radical (unpaired) electrons. The van der Waals surface area contributed by atoms with Crippen molar-refractivity contribution in [2.45, 2.75) is 85.3 Å². The third-order valence-corrected chi connectivity index (χ3v) is 11.7. The molecule has 1 saturated carbocycles. The van der Waals surface area contributed by atoms with Crippen molar-refractivity contribution in [3.8, 4) is 11.5 Å². The Hall–Kier alpha value is -2.49. The number of carbonyl (C=O) groups is 1. The van der Waals surface area contributed by atoms with Crippen LogP contribution in [0.4, 0.5) is 5.69 Å². The number of aromatic nitrogens is 4. The summed E-state index contributed by atoms with van der Waals surface area (Å²) >= 11 is 0. The zero-order valence-corrected chi connectivity index (χ0v) is 27.0. The predicted molar refractivity (Wildman–Crippen MR) is 166 cm³/mol. The fourth-order valence-electron chi connectivity index (χ4n) is 6.91. The van der Waals surface area contributed by atoms with E-state index in [1.165, 1.54) is 17.7 Å². The molecule has 41 heavy (non-hydrogen) atoms. The molecule has 0 bridgehead atoms. The summed E-state index contributed by atoms with van der Waals surface area (Å²) in [7, 11) is 0.749. The molecular formula is C32H47N5O3Si. The molecular weight excluding hydrogens is 530 g/mol. The van der Waals surface area contributed by atoms with Gasteiger partial charge in [0.05, 0.1) is 11.0 Å². The molecule has 1 aromatic carbocycles. The molecule has 3 aliphatic rings. The second-order valence-electron chi connectivity index (χ2n) is 14.4. The first-order valence-electron chi connectivity index (χ1n) is 15.5. The number of aromatic amines is 1. The minimum atomic E-state index is -1.15. The number of hydrogen-bond acceptors (Lipinski definition) is 5. The van der Waals surface area contributed by atoms with Crippen LogP contribution in [0.15, 0.2) is 12.1 Å². The van der Waals surface area contributed by atoms with Crippen LogP contribution in [-0.4, -0.2) is 60.6 Å². The van der Waals surface area contributed by atoms with Gasteiger partial charge in [-0.05, 0) is 80.0 Å². The topological polar surface area (TPSA) is 85.3 Å². The molecule has 3 heterocycles. The van der Waals surface area contributed by atoms with Gasteiger partial charge in [-0.1, -0.05) is 33.5 Å². The Morgan fingerprint density at radius 3 is 2.78 bits per heavy atom. The number of rotatable bonds is 9. The smallest absolute Gasteiger partial charge is 0.229 e. The maximum absolute atomic E-state index is 13.5. The highest BCUT2D eigenvalue weighted by atomic mass is 28.3. The number of nitrogens with zero attached hydrogens (tertiary/aromatic N) is 4. The first-order chi connectivity index (χ1) is 19.4. The van der Waals surface area contributed by atoms with E-state index in [-0.39, 0.29) is 11.8 Å². The number of fused-ring (bicyclic) bond motifs is 3. The molecule has 9 heteroatoms. The van der Waals surface area contributed by atoms with Gasteiger partial charge in [-0.25, -0.2) is 9.67 Å². The number of anilines is 1. The average Bonchev–Trinajstić information content (AvgIpc) is 3.24. The molecule has 2 aliphatic carbocycles. The third-order valence-electron chi connectivity index (χ3n) is 10.0. The van der Waals surface area contributed by atoms with Crippen LogP contribution in [0.5, 0.6) is 0 Å². The minimum Gasteiger partial charge on any atom is -0.381 e. The van der Waals surface area contributed by atoms with Crippen molar-refractivity contribution in [2.24, 2.45) is 23.2 Å². The summed E-state index contributed by atoms with van der Waals surface area (Å²) in [6.07, 6.45) is 5.29. The Morgan fingerprint density at radius 1 is 1.29 bits per heavy atom. The molecule has 1 N–H and O–H groups in total. The number of hydrogen-bond donors (Lipinski definition) is 1. The molecule has 1 aliphatic heterocycles. The summed E-state index contributed by atoms with van der Waals surface area (Å²) in [5.41, 5.74) is 7.80. The van der Waals surface area contributed by atoms with Crippen LogP contribution >= 0.6 is 0 Å². The van der Waals surface area contributed by atoms with Crippen molar-refractivity contribution in [2.75, 3.05) is 31.8 Å². The molecule has 1 saturated heterocycles. The van der Waals surface area contributed by atoms with Crippen molar-refractivity contribution in [1.29, 1.82) is 0 Å². The Labute approximate surface area is 245 Å². The maximum atomic E-state index is 13.5. The van der Waals surface area contributed by atoms with E-state index in [2.05, 4.69) is 62.2 Å². The predicted octanol–water partition coefficient (Wildman–Crippen LogP) is 6.20. The van der Waals surface area contributed by atoms with Gasteiger partial charge in [0.25, 0.3) is 0 Å². The van der Waals surface area contributed by atoms with Crippen LogP contribution in [0.25, 0.3) is 22.6 Å². The van der Waals surface area contributed by atoms with Crippen LogP contribution in [0.1, 0.15) is 49.9 Å². The van der Waals surface area contributed by atoms with Gasteiger partial charge in [0.1, 0.15) is 12.4 Å². The number of imidazole rings is 1. The summed E-state index contributed by atoms with van der Waals surface area (Å²) in [6, 6.07) is 5.32. The Bertz CT molecular complexity index is 1450. The average molecular weight is 578 g/mol. The second-order valence-corrected chi connectivity index (χ2v) is 20.1. The molecule has 2 fully saturated rings. The zero-order valence-electron chi connectivity index (χ0n) is 26.0. The lowest BCUT2D eigenvalue weighted by atomic mass is 9.86. The highest BCUT2D eigenvalue weighted by Crippen LogP contribution is 2.60. The number of aryl methyl sites for hydroxylation is 1. The molecule has 222 valence electrons. The lowest BCUT2D eigenvalue weighted by Gasteiger charge is -2.30. The van der Waals surface area contributed by atoms with Gasteiger partial charge in [0.15, 0.2) is 5.82 Å². The number of benzene rings is 1. The summed E-state index contributed by atoms with van der Waals surface area (Å²) in [5.74, 6) is 2.03. The van der Waals surface area contributed by atoms with E-state index in [4.69, 9.17) is 19.6 Å². The fourth-order valence-corrected chi connectivity index (χ4v) is 7.67. The molecule has 8 nitrogen and oxygen atoms in total. The molecule has 3 atom stereocenters. The Balaban J connectivity index is 1.27. The maximum Gasteiger partial charge on any atom is 0.229 e. The van der Waals surface area contributed by atoms with Gasteiger partial charge in [-0.3, -0.25) is 4.79 Å². The minimum absolute atomic E-state index is 0.0368. The fraction of sp³-hybridized carbons (Fsp3) is 0.656. The van der Waals surface area contributed by atoms with Gasteiger partial charge in [0.2, 0.25) is 5.91 Å². The van der Waals surface area contributed by atoms with Crippen molar-refractivity contribution in [3.05, 3.63) is 29.0 Å². The SMILES string of the molecule is Cc1cc2[nH]c(-c3nn(COCC[Si](C)(C)C)c4c3C[C@@H]3C[C@]3(C)C4)nc2cc1N(C)C(=O)[C@H](C)C1CCOCC1. The molecule has 1 amide bonds. The second kappa shape index (κ2) is 10.7. The Morgan fingerprint density at radius 2 is 2.05 bits per heavy atom. The summed E-state index contributed by atoms with van der Waals surface area (Å²) in [6.45, 7) is 16.5. The molecule has 3 aromatic rings. The number of amides is 1. The number of carbonyl (C=O) groups excluding carboxylic acids is 1. The van der Waals surface area contributed by atoms with E-state index < -0.39 is 8.07 Å². The third kappa shape index (κ3) is 5.65. The number of H-pyrrole nitrogens is 1. The van der Waals surface area contributed by atoms with Gasteiger partial charge < -0.3 is 19.4 Å². The van der Waals surface area contributed by atoms with E-state index >= 15 is 0 Å². The van der Waals surface area contributed by atoms with Crippen LogP contribution in [0.2, 0.25) is 25.7 Å². The molecule has 0 unspecified atom stereocenters. The molecule has 2 aromatic heterocycles. The number of nitrogens with one attached hydrogen (secondary N) is 1. The summed E-state index contributed by atoms with van der Waals surface area (Å²) in [5, 5.41) is 5.10. The monoisotopic (exact) mass is 577 g/mol. The van der Waals surface area contributed by atoms with E-state index in [9.17, 15) is 4.79 Å². The van der Waals surface area contributed by atoms with E-state index in [1.807, 2.05) is 11.9 Å². The van der Waals surface area contributed by atoms with Crippen molar-refractivity contribution in [3.63, 3.8) is 0 Å². The van der Waals surface area contributed by atoms with Crippen molar-refractivity contribution < 1.29 is 14.3 Å². The number of ether oxygens (including phenoxy) is 2. The van der Waals surface area contributed by atoms with Crippen LogP contribution in [0, 0.1) is 30.1 Å². The standard InChI is InChI=1S/C32H47N5O3Si/c1-20-14-25-26(16-27(20)36(4)31(38)21(2)22-8-10-39-11-9-22)34-30(33-25)29-24-15-23-17-32(23,3)18-28(24)37(35-29)19-40-12-13-41(5,6)7/h14,16,21-23H,8-13,15,17-19H2,1-7H3,(H,33,34)/t21-,23-,32-/m1/s1. The normalized spacial score (nSPS) is 23.3. The highest BCUT2D eigenvalue weighted by Gasteiger charge is 2.54. The van der Waals surface area contributed by atoms with E-state index in [0.717, 1.165) is 91.3 Å². The lowest BCUT2D eigenvalue weighted by molar-refractivity contribution is -0.124. The van der Waals surface area contributed by atoms with Crippen LogP contribution < -0.4 is 4.90 Å². The van der Waals surface area contributed by atoms with Gasteiger partial charge in [-0.2, -0.15) is 5.10 Å². The van der Waals surface area contributed by atoms with Gasteiger partial charge in [-0.15, -0.1) is 0 Å². The van der Waals surface area contributed by atoms with Crippen molar-refractivity contribution in [1.82, 2.24) is 19.7 Å². The highest BCUT2D eigenvalue weighted by molar-refractivity contribution is 6.76. The molecule has 6 rings (SSSR count). The quantitative estimate of drug-likeness (QED) is 0.242. The van der Waals surface area contributed by atoms with Gasteiger partial charge in [0, 0.05) is 57.8 Å². The van der Waals surface area contributed by atoms with Gasteiger partial charge >= 0.3 is 0 Å². The van der Waals surface area contributed by atoms with E-state index in [0.29, 0.717) is 18.1 Å².